The van der Waals surface area contributed by atoms with Crippen LogP contribution in [0.5, 0.6) is 0 Å². The molecule has 0 aliphatic heterocycles. The van der Waals surface area contributed by atoms with E-state index in [-0.39, 0.29) is 23.0 Å². The van der Waals surface area contributed by atoms with Crippen LogP contribution in [0, 0.1) is 0 Å². The number of nitrogens with one attached hydrogen (secondary N) is 1. The molecule has 0 unspecified atom stereocenters. The molecule has 2 aromatic heterocycles. The van der Waals surface area contributed by atoms with Gasteiger partial charge in [0.1, 0.15) is 5.82 Å². The summed E-state index contributed by atoms with van der Waals surface area (Å²) < 4.78 is 17.6. The standard InChI is InChI=1S/C16H15N7O3/c1-23-15(19-21-22-23)14(11-6-3-2-4-7-11)20-26-10-12-8-5-9-13(17-12)18-16(24)25/h2-9H,10H2,1H3,(H,17,18)(H,24,25)/b20-14-/i10D2. The van der Waals surface area contributed by atoms with Gasteiger partial charge in [-0.1, -0.05) is 41.6 Å². The first-order valence-electron chi connectivity index (χ1n) is 8.38. The number of anilines is 1. The van der Waals surface area contributed by atoms with E-state index in [1.807, 2.05) is 6.07 Å². The lowest BCUT2D eigenvalue weighted by atomic mass is 10.1. The number of benzene rings is 1. The van der Waals surface area contributed by atoms with Crippen LogP contribution in [0.15, 0.2) is 53.7 Å². The van der Waals surface area contributed by atoms with Crippen molar-refractivity contribution in [1.29, 1.82) is 0 Å². The van der Waals surface area contributed by atoms with E-state index in [1.165, 1.54) is 22.9 Å². The van der Waals surface area contributed by atoms with E-state index in [0.29, 0.717) is 5.56 Å². The normalized spacial score (nSPS) is 12.9. The molecule has 0 fully saturated rings. The van der Waals surface area contributed by atoms with Gasteiger partial charge in [-0.25, -0.2) is 14.5 Å². The predicted molar refractivity (Wildman–Crippen MR) is 91.6 cm³/mol. The van der Waals surface area contributed by atoms with Crippen molar-refractivity contribution >= 4 is 17.6 Å². The average molecular weight is 355 g/mol. The fourth-order valence-corrected chi connectivity index (χ4v) is 2.03. The van der Waals surface area contributed by atoms with Crippen LogP contribution in [-0.4, -0.2) is 42.1 Å². The highest BCUT2D eigenvalue weighted by Crippen LogP contribution is 2.10. The third-order valence-electron chi connectivity index (χ3n) is 3.15. The van der Waals surface area contributed by atoms with Crippen molar-refractivity contribution in [2.75, 3.05) is 5.32 Å². The number of rotatable bonds is 6. The molecule has 3 aromatic rings. The van der Waals surface area contributed by atoms with Gasteiger partial charge in [0.2, 0.25) is 5.82 Å². The molecule has 1 aromatic carbocycles. The second-order valence-electron chi connectivity index (χ2n) is 4.96. The molecule has 2 heterocycles. The fourth-order valence-electron chi connectivity index (χ4n) is 2.03. The predicted octanol–water partition coefficient (Wildman–Crippen LogP) is 1.66. The molecule has 3 rings (SSSR count). The summed E-state index contributed by atoms with van der Waals surface area (Å²) in [6, 6.07) is 13.1. The van der Waals surface area contributed by atoms with Gasteiger partial charge in [0, 0.05) is 12.6 Å². The van der Waals surface area contributed by atoms with Crippen LogP contribution in [0.1, 0.15) is 19.8 Å². The van der Waals surface area contributed by atoms with Crippen LogP contribution in [0.3, 0.4) is 0 Å². The van der Waals surface area contributed by atoms with Gasteiger partial charge in [-0.2, -0.15) is 0 Å². The Morgan fingerprint density at radius 2 is 2.12 bits per heavy atom. The molecule has 0 atom stereocenters. The number of hydrogen-bond donors (Lipinski definition) is 2. The highest BCUT2D eigenvalue weighted by Gasteiger charge is 2.14. The molecule has 1 amide bonds. The number of pyridine rings is 1. The molecular formula is C16H15N7O3. The summed E-state index contributed by atoms with van der Waals surface area (Å²) in [5.41, 5.74) is 0.674. The van der Waals surface area contributed by atoms with Crippen LogP contribution in [0.4, 0.5) is 10.6 Å². The second kappa shape index (κ2) is 7.83. The van der Waals surface area contributed by atoms with Gasteiger partial charge in [0.25, 0.3) is 0 Å². The number of tetrazole rings is 1. The number of hydrogen-bond acceptors (Lipinski definition) is 7. The van der Waals surface area contributed by atoms with Gasteiger partial charge in [-0.3, -0.25) is 5.32 Å². The molecule has 132 valence electrons. The number of aryl methyl sites for hydroxylation is 1. The number of oxime groups is 1. The Kier molecular flexibility index (Phi) is 4.37. The molecule has 0 saturated heterocycles. The van der Waals surface area contributed by atoms with Crippen molar-refractivity contribution in [3.63, 3.8) is 0 Å². The zero-order valence-corrected chi connectivity index (χ0v) is 13.6. The Morgan fingerprint density at radius 3 is 2.81 bits per heavy atom. The Hall–Kier alpha value is -3.82. The minimum atomic E-state index is -2.44. The van der Waals surface area contributed by atoms with E-state index in [2.05, 4.69) is 31.0 Å². The van der Waals surface area contributed by atoms with E-state index in [9.17, 15) is 4.79 Å². The van der Waals surface area contributed by atoms with Gasteiger partial charge < -0.3 is 9.94 Å². The van der Waals surface area contributed by atoms with Gasteiger partial charge >= 0.3 is 6.09 Å². The molecule has 26 heavy (non-hydrogen) atoms. The fraction of sp³-hybridized carbons (Fsp3) is 0.125. The number of carbonyl (C=O) groups is 1. The molecule has 2 N–H and O–H groups in total. The summed E-state index contributed by atoms with van der Waals surface area (Å²) in [6.45, 7) is -2.44. The molecular weight excluding hydrogens is 338 g/mol. The van der Waals surface area contributed by atoms with Crippen LogP contribution < -0.4 is 5.32 Å². The van der Waals surface area contributed by atoms with E-state index >= 15 is 0 Å². The zero-order valence-electron chi connectivity index (χ0n) is 15.6. The lowest BCUT2D eigenvalue weighted by Crippen LogP contribution is -2.12. The molecule has 0 radical (unpaired) electrons. The highest BCUT2D eigenvalue weighted by molar-refractivity contribution is 6.10. The van der Waals surface area contributed by atoms with Crippen LogP contribution in [-0.2, 0) is 18.4 Å². The average Bonchev–Trinajstić information content (AvgIpc) is 3.08. The zero-order chi connectivity index (χ0) is 20.1. The van der Waals surface area contributed by atoms with Gasteiger partial charge in [-0.05, 0) is 22.6 Å². The number of nitrogens with zero attached hydrogens (tertiary/aromatic N) is 6. The van der Waals surface area contributed by atoms with Crippen molar-refractivity contribution in [2.24, 2.45) is 12.2 Å². The topological polar surface area (TPSA) is 127 Å². The van der Waals surface area contributed by atoms with Crippen molar-refractivity contribution in [3.8, 4) is 0 Å². The van der Waals surface area contributed by atoms with E-state index in [4.69, 9.17) is 12.7 Å². The molecule has 10 nitrogen and oxygen atoms in total. The summed E-state index contributed by atoms with van der Waals surface area (Å²) in [5, 5.41) is 26.0. The second-order valence-corrected chi connectivity index (χ2v) is 4.96. The maximum Gasteiger partial charge on any atom is 0.410 e. The SMILES string of the molecule is [2H]C([2H])(O/N=C(/c1ccccc1)c1nnnn1C)c1cccc(NC(=O)O)n1. The Morgan fingerprint density at radius 1 is 1.31 bits per heavy atom. The van der Waals surface area contributed by atoms with Crippen LogP contribution in [0.25, 0.3) is 0 Å². The Bertz CT molecular complexity index is 1010. The summed E-state index contributed by atoms with van der Waals surface area (Å²) in [4.78, 5) is 19.8. The lowest BCUT2D eigenvalue weighted by Gasteiger charge is -2.06. The maximum atomic E-state index is 10.7. The first-order chi connectivity index (χ1) is 13.4. The lowest BCUT2D eigenvalue weighted by molar-refractivity contribution is 0.128. The number of aromatic nitrogens is 5. The summed E-state index contributed by atoms with van der Waals surface area (Å²) >= 11 is 0. The van der Waals surface area contributed by atoms with E-state index in [0.717, 1.165) is 0 Å². The Balaban J connectivity index is 1.94. The molecule has 0 spiro atoms. The first kappa shape index (κ1) is 14.5. The van der Waals surface area contributed by atoms with Crippen LogP contribution >= 0.6 is 0 Å². The van der Waals surface area contributed by atoms with Gasteiger partial charge in [0.15, 0.2) is 12.3 Å². The minimum Gasteiger partial charge on any atom is -0.465 e. The molecule has 0 aliphatic rings. The van der Waals surface area contributed by atoms with Crippen molar-refractivity contribution in [1.82, 2.24) is 25.2 Å². The summed E-state index contributed by atoms with van der Waals surface area (Å²) in [7, 11) is 1.62. The van der Waals surface area contributed by atoms with Gasteiger partial charge in [-0.15, -0.1) is 5.10 Å². The smallest absolute Gasteiger partial charge is 0.410 e. The number of amides is 1. The van der Waals surface area contributed by atoms with E-state index < -0.39 is 12.7 Å². The summed E-state index contributed by atoms with van der Waals surface area (Å²) in [6.07, 6.45) is -1.31. The third-order valence-corrected chi connectivity index (χ3v) is 3.15. The van der Waals surface area contributed by atoms with Gasteiger partial charge in [0.05, 0.1) is 8.44 Å². The van der Waals surface area contributed by atoms with Crippen molar-refractivity contribution < 1.29 is 17.5 Å². The van der Waals surface area contributed by atoms with Crippen molar-refractivity contribution in [3.05, 3.63) is 65.6 Å². The van der Waals surface area contributed by atoms with E-state index in [1.54, 1.807) is 31.3 Å². The van der Waals surface area contributed by atoms with Crippen molar-refractivity contribution in [2.45, 2.75) is 6.56 Å². The monoisotopic (exact) mass is 355 g/mol. The van der Waals surface area contributed by atoms with Crippen LogP contribution in [0.2, 0.25) is 0 Å². The summed E-state index contributed by atoms with van der Waals surface area (Å²) in [5.74, 6) is 0.235. The Labute approximate surface area is 150 Å². The minimum absolute atomic E-state index is 0.0396. The maximum absolute atomic E-state index is 10.7. The molecule has 0 saturated carbocycles. The molecule has 0 aliphatic carbocycles. The molecule has 0 bridgehead atoms. The number of carboxylic acid groups (broad SMARTS) is 1. The quantitative estimate of drug-likeness (QED) is 0.508. The third kappa shape index (κ3) is 4.17. The largest absolute Gasteiger partial charge is 0.465 e. The molecule has 10 heteroatoms. The highest BCUT2D eigenvalue weighted by atomic mass is 16.6. The first-order valence-corrected chi connectivity index (χ1v) is 7.38.